The fourth-order valence-electron chi connectivity index (χ4n) is 2.73. The molecule has 0 aliphatic carbocycles. The van der Waals surface area contributed by atoms with Crippen LogP contribution in [-0.2, 0) is 10.0 Å². The van der Waals surface area contributed by atoms with E-state index < -0.39 is 16.1 Å². The third-order valence-electron chi connectivity index (χ3n) is 3.97. The second-order valence-electron chi connectivity index (χ2n) is 5.58. The van der Waals surface area contributed by atoms with Gasteiger partial charge in [0.1, 0.15) is 16.2 Å². The lowest BCUT2D eigenvalue weighted by molar-refractivity contribution is 0.382. The first-order valence-electron chi connectivity index (χ1n) is 8.04. The molecule has 26 heavy (non-hydrogen) atoms. The van der Waals surface area contributed by atoms with Gasteiger partial charge in [-0.1, -0.05) is 36.4 Å². The average Bonchev–Trinajstić information content (AvgIpc) is 3.10. The standard InChI is InChI=1S/C17H18FN5O2S/c1-3-5-16(12-6-8-13(18)9-7-12)23(4-2)26(24,25)14-10-15-17(19-11-14)21-22-20-15/h3,5-11,16H,4H2,1-2H3,(H,19,20,21,22)/b5-3-/t16-/m0/s1. The number of nitrogens with one attached hydrogen (secondary N) is 1. The van der Waals surface area contributed by atoms with Crippen LogP contribution in [0.5, 0.6) is 0 Å². The molecule has 1 atom stereocenters. The van der Waals surface area contributed by atoms with Crippen LogP contribution in [-0.4, -0.2) is 39.7 Å². The van der Waals surface area contributed by atoms with Gasteiger partial charge < -0.3 is 0 Å². The van der Waals surface area contributed by atoms with Gasteiger partial charge in [0, 0.05) is 12.7 Å². The highest BCUT2D eigenvalue weighted by Gasteiger charge is 2.30. The van der Waals surface area contributed by atoms with Gasteiger partial charge in [0.25, 0.3) is 0 Å². The van der Waals surface area contributed by atoms with E-state index in [0.29, 0.717) is 16.7 Å². The van der Waals surface area contributed by atoms with E-state index in [1.54, 1.807) is 38.1 Å². The molecule has 136 valence electrons. The predicted octanol–water partition coefficient (Wildman–Crippen LogP) is 2.82. The van der Waals surface area contributed by atoms with Gasteiger partial charge in [0.15, 0.2) is 5.65 Å². The first-order valence-corrected chi connectivity index (χ1v) is 9.48. The van der Waals surface area contributed by atoms with E-state index in [1.807, 2.05) is 0 Å². The Morgan fingerprint density at radius 1 is 1.31 bits per heavy atom. The number of benzene rings is 1. The molecule has 0 unspecified atom stereocenters. The van der Waals surface area contributed by atoms with Crippen LogP contribution in [0.1, 0.15) is 25.5 Å². The quantitative estimate of drug-likeness (QED) is 0.669. The number of likely N-dealkylation sites (N-methyl/N-ethyl adjacent to an activating group) is 1. The number of halogens is 1. The van der Waals surface area contributed by atoms with Gasteiger partial charge in [-0.25, -0.2) is 22.9 Å². The number of nitrogens with zero attached hydrogens (tertiary/aromatic N) is 4. The molecule has 0 radical (unpaired) electrons. The third-order valence-corrected chi connectivity index (χ3v) is 5.89. The van der Waals surface area contributed by atoms with Crippen molar-refractivity contribution in [2.45, 2.75) is 24.8 Å². The van der Waals surface area contributed by atoms with Gasteiger partial charge in [-0.3, -0.25) is 0 Å². The fraction of sp³-hybridized carbons (Fsp3) is 0.235. The van der Waals surface area contributed by atoms with Gasteiger partial charge in [0.2, 0.25) is 10.0 Å². The minimum Gasteiger partial charge on any atom is -0.240 e. The molecule has 2 aromatic heterocycles. The minimum absolute atomic E-state index is 0.0253. The van der Waals surface area contributed by atoms with Crippen LogP contribution < -0.4 is 0 Å². The summed E-state index contributed by atoms with van der Waals surface area (Å²) >= 11 is 0. The highest BCUT2D eigenvalue weighted by Crippen LogP contribution is 2.29. The number of allylic oxidation sites excluding steroid dienone is 1. The molecule has 3 rings (SSSR count). The molecule has 9 heteroatoms. The molecule has 7 nitrogen and oxygen atoms in total. The Balaban J connectivity index is 2.07. The maximum absolute atomic E-state index is 13.3. The Morgan fingerprint density at radius 2 is 2.04 bits per heavy atom. The Bertz CT molecular complexity index is 1030. The van der Waals surface area contributed by atoms with Crippen LogP contribution in [0.2, 0.25) is 0 Å². The normalized spacial score (nSPS) is 13.7. The Labute approximate surface area is 150 Å². The molecule has 0 bridgehead atoms. The largest absolute Gasteiger partial charge is 0.245 e. The van der Waals surface area contributed by atoms with Crippen molar-refractivity contribution < 1.29 is 12.8 Å². The molecule has 1 N–H and O–H groups in total. The van der Waals surface area contributed by atoms with Gasteiger partial charge in [-0.05, 0) is 30.7 Å². The Kier molecular flexibility index (Phi) is 5.10. The topological polar surface area (TPSA) is 91.8 Å². The summed E-state index contributed by atoms with van der Waals surface area (Å²) in [7, 11) is -3.86. The number of hydrogen-bond donors (Lipinski definition) is 1. The molecule has 0 amide bonds. The van der Waals surface area contributed by atoms with E-state index >= 15 is 0 Å². The van der Waals surface area contributed by atoms with E-state index in [2.05, 4.69) is 20.4 Å². The molecule has 0 saturated carbocycles. The van der Waals surface area contributed by atoms with Gasteiger partial charge >= 0.3 is 0 Å². The van der Waals surface area contributed by atoms with Gasteiger partial charge in [-0.15, -0.1) is 5.10 Å². The molecule has 2 heterocycles. The number of rotatable bonds is 6. The van der Waals surface area contributed by atoms with Crippen molar-refractivity contribution in [2.75, 3.05) is 6.54 Å². The van der Waals surface area contributed by atoms with Crippen molar-refractivity contribution in [1.29, 1.82) is 0 Å². The van der Waals surface area contributed by atoms with Crippen molar-refractivity contribution in [2.24, 2.45) is 0 Å². The predicted molar refractivity (Wildman–Crippen MR) is 95.2 cm³/mol. The summed E-state index contributed by atoms with van der Waals surface area (Å²) in [6.07, 6.45) is 4.80. The van der Waals surface area contributed by atoms with Crippen molar-refractivity contribution in [3.63, 3.8) is 0 Å². The highest BCUT2D eigenvalue weighted by atomic mass is 32.2. The average molecular weight is 375 g/mol. The lowest BCUT2D eigenvalue weighted by Crippen LogP contribution is -2.34. The number of pyridine rings is 1. The van der Waals surface area contributed by atoms with E-state index in [1.165, 1.54) is 28.7 Å². The zero-order valence-corrected chi connectivity index (χ0v) is 15.1. The molecule has 0 saturated heterocycles. The molecule has 0 aliphatic rings. The second-order valence-corrected chi connectivity index (χ2v) is 7.47. The SMILES string of the molecule is C/C=C\[C@@H](c1ccc(F)cc1)N(CC)S(=O)(=O)c1cnc2[nH]nnc2c1. The Morgan fingerprint density at radius 3 is 2.69 bits per heavy atom. The molecular weight excluding hydrogens is 357 g/mol. The maximum Gasteiger partial charge on any atom is 0.245 e. The van der Waals surface area contributed by atoms with Crippen molar-refractivity contribution in [1.82, 2.24) is 24.7 Å². The van der Waals surface area contributed by atoms with Crippen molar-refractivity contribution in [3.05, 3.63) is 60.1 Å². The second kappa shape index (κ2) is 7.30. The number of H-pyrrole nitrogens is 1. The summed E-state index contributed by atoms with van der Waals surface area (Å²) in [6, 6.07) is 6.66. The zero-order valence-electron chi connectivity index (χ0n) is 14.3. The van der Waals surface area contributed by atoms with Crippen LogP contribution in [0.4, 0.5) is 4.39 Å². The summed E-state index contributed by atoms with van der Waals surface area (Å²) in [4.78, 5) is 4.09. The van der Waals surface area contributed by atoms with E-state index in [4.69, 9.17) is 0 Å². The number of aromatic amines is 1. The molecule has 1 aromatic carbocycles. The van der Waals surface area contributed by atoms with E-state index in [-0.39, 0.29) is 17.3 Å². The van der Waals surface area contributed by atoms with Crippen LogP contribution >= 0.6 is 0 Å². The maximum atomic E-state index is 13.3. The van der Waals surface area contributed by atoms with Crippen molar-refractivity contribution in [3.8, 4) is 0 Å². The zero-order chi connectivity index (χ0) is 18.7. The Hall–Kier alpha value is -2.65. The van der Waals surface area contributed by atoms with Gasteiger partial charge in [-0.2, -0.15) is 4.31 Å². The smallest absolute Gasteiger partial charge is 0.240 e. The summed E-state index contributed by atoms with van der Waals surface area (Å²) in [5.41, 5.74) is 1.45. The lowest BCUT2D eigenvalue weighted by atomic mass is 10.1. The summed E-state index contributed by atoms with van der Waals surface area (Å²) in [5, 5.41) is 10.0. The number of aromatic nitrogens is 4. The van der Waals surface area contributed by atoms with Crippen LogP contribution in [0, 0.1) is 5.82 Å². The molecule has 3 aromatic rings. The number of sulfonamides is 1. The molecule has 0 fully saturated rings. The van der Waals surface area contributed by atoms with E-state index in [9.17, 15) is 12.8 Å². The molecule has 0 aliphatic heterocycles. The lowest BCUT2D eigenvalue weighted by Gasteiger charge is -2.28. The first kappa shape index (κ1) is 18.2. The minimum atomic E-state index is -3.86. The first-order chi connectivity index (χ1) is 12.5. The summed E-state index contributed by atoms with van der Waals surface area (Å²) < 4.78 is 41.0. The number of fused-ring (bicyclic) bond motifs is 1. The fourth-order valence-corrected chi connectivity index (χ4v) is 4.28. The van der Waals surface area contributed by atoms with Crippen molar-refractivity contribution >= 4 is 21.2 Å². The van der Waals surface area contributed by atoms with Gasteiger partial charge in [0.05, 0.1) is 6.04 Å². The highest BCUT2D eigenvalue weighted by molar-refractivity contribution is 7.89. The third kappa shape index (κ3) is 3.35. The van der Waals surface area contributed by atoms with Crippen LogP contribution in [0.25, 0.3) is 11.2 Å². The summed E-state index contributed by atoms with van der Waals surface area (Å²) in [6.45, 7) is 3.78. The molecular formula is C17H18FN5O2S. The monoisotopic (exact) mass is 375 g/mol. The molecule has 0 spiro atoms. The number of hydrogen-bond acceptors (Lipinski definition) is 5. The van der Waals surface area contributed by atoms with Crippen LogP contribution in [0.3, 0.4) is 0 Å². The summed E-state index contributed by atoms with van der Waals surface area (Å²) in [5.74, 6) is -0.375. The van der Waals surface area contributed by atoms with E-state index in [0.717, 1.165) is 0 Å². The van der Waals surface area contributed by atoms with Crippen LogP contribution in [0.15, 0.2) is 53.6 Å².